The predicted molar refractivity (Wildman–Crippen MR) is 118 cm³/mol. The fourth-order valence-corrected chi connectivity index (χ4v) is 3.97. The Balaban J connectivity index is 1.56. The highest BCUT2D eigenvalue weighted by Gasteiger charge is 2.32. The van der Waals surface area contributed by atoms with Crippen molar-refractivity contribution >= 4 is 45.7 Å². The van der Waals surface area contributed by atoms with Crippen molar-refractivity contribution in [2.75, 3.05) is 17.2 Å². The number of ether oxygens (including phenoxy) is 1. The van der Waals surface area contributed by atoms with Gasteiger partial charge < -0.3 is 20.7 Å². The molecule has 1 heterocycles. The lowest BCUT2D eigenvalue weighted by atomic mass is 10.1. The van der Waals surface area contributed by atoms with Crippen molar-refractivity contribution in [3.05, 3.63) is 45.6 Å². The maximum atomic E-state index is 13.6. The van der Waals surface area contributed by atoms with Crippen LogP contribution in [0.2, 0.25) is 0 Å². The van der Waals surface area contributed by atoms with Crippen molar-refractivity contribution in [1.82, 2.24) is 5.32 Å². The summed E-state index contributed by atoms with van der Waals surface area (Å²) in [5.41, 5.74) is 0.172. The van der Waals surface area contributed by atoms with Gasteiger partial charge in [0.25, 0.3) is 5.91 Å². The monoisotopic (exact) mass is 497 g/mol. The highest BCUT2D eigenvalue weighted by atomic mass is 32.1. The van der Waals surface area contributed by atoms with Gasteiger partial charge in [0, 0.05) is 10.8 Å². The highest BCUT2D eigenvalue weighted by Crippen LogP contribution is 2.36. The van der Waals surface area contributed by atoms with E-state index in [1.54, 1.807) is 13.8 Å². The summed E-state index contributed by atoms with van der Waals surface area (Å²) in [5.74, 6) is -7.52. The Morgan fingerprint density at radius 2 is 1.76 bits per heavy atom. The molecule has 0 radical (unpaired) electrons. The molecule has 1 fully saturated rings. The van der Waals surface area contributed by atoms with Crippen LogP contribution in [0.1, 0.15) is 40.6 Å². The van der Waals surface area contributed by atoms with Crippen LogP contribution in [0.4, 0.5) is 23.9 Å². The van der Waals surface area contributed by atoms with E-state index in [0.29, 0.717) is 16.6 Å². The van der Waals surface area contributed by atoms with Gasteiger partial charge in [-0.3, -0.25) is 14.4 Å². The summed E-state index contributed by atoms with van der Waals surface area (Å²) in [4.78, 5) is 49.8. The van der Waals surface area contributed by atoms with Crippen LogP contribution in [0.3, 0.4) is 0 Å². The van der Waals surface area contributed by atoms with Gasteiger partial charge in [0.05, 0.1) is 17.8 Å². The average molecular weight is 497 g/mol. The Morgan fingerprint density at radius 3 is 2.41 bits per heavy atom. The third-order valence-corrected chi connectivity index (χ3v) is 6.28. The van der Waals surface area contributed by atoms with Crippen molar-refractivity contribution in [3.63, 3.8) is 0 Å². The second kappa shape index (κ2) is 10.2. The van der Waals surface area contributed by atoms with E-state index >= 15 is 0 Å². The minimum Gasteiger partial charge on any atom is -0.449 e. The molecule has 0 aliphatic heterocycles. The summed E-state index contributed by atoms with van der Waals surface area (Å²) in [5, 5.41) is 7.30. The minimum absolute atomic E-state index is 0.0673. The van der Waals surface area contributed by atoms with Gasteiger partial charge in [-0.15, -0.1) is 11.3 Å². The Labute approximate surface area is 196 Å². The molecule has 1 unspecified atom stereocenters. The molecule has 1 aliphatic carbocycles. The summed E-state index contributed by atoms with van der Waals surface area (Å²) >= 11 is 1.23. The third-order valence-electron chi connectivity index (χ3n) is 5.16. The molecule has 1 atom stereocenters. The minimum atomic E-state index is -1.74. The van der Waals surface area contributed by atoms with Crippen LogP contribution < -0.4 is 16.0 Å². The largest absolute Gasteiger partial charge is 0.449 e. The van der Waals surface area contributed by atoms with Crippen LogP contribution in [0.15, 0.2) is 12.1 Å². The van der Waals surface area contributed by atoms with Gasteiger partial charge in [-0.2, -0.15) is 0 Å². The number of thiophene rings is 1. The number of hydrogen-bond donors (Lipinski definition) is 3. The maximum Gasteiger partial charge on any atom is 0.342 e. The Hall–Kier alpha value is -3.41. The Kier molecular flexibility index (Phi) is 7.60. The predicted octanol–water partition coefficient (Wildman–Crippen LogP) is 3.43. The molecule has 1 aromatic carbocycles. The smallest absolute Gasteiger partial charge is 0.342 e. The van der Waals surface area contributed by atoms with E-state index in [2.05, 4.69) is 10.6 Å². The topological polar surface area (TPSA) is 114 Å². The summed E-state index contributed by atoms with van der Waals surface area (Å²) in [6.07, 6.45) is 0.289. The van der Waals surface area contributed by atoms with Crippen LogP contribution >= 0.6 is 11.3 Å². The first-order chi connectivity index (χ1) is 16.0. The highest BCUT2D eigenvalue weighted by molar-refractivity contribution is 7.16. The van der Waals surface area contributed by atoms with Crippen molar-refractivity contribution in [1.29, 1.82) is 0 Å². The van der Waals surface area contributed by atoms with Crippen LogP contribution in [-0.2, 0) is 19.1 Å². The SMILES string of the molecule is Cc1sc(NC(=O)C2CC2)c(C(=O)OC(C)C(=O)NCC(=O)Nc2ccc(F)c(F)c2F)c1C. The molecule has 3 rings (SSSR count). The summed E-state index contributed by atoms with van der Waals surface area (Å²) < 4.78 is 45.1. The average Bonchev–Trinajstić information content (AvgIpc) is 3.59. The van der Waals surface area contributed by atoms with E-state index in [0.717, 1.165) is 23.8 Å². The number of halogens is 3. The number of esters is 1. The number of hydrogen-bond acceptors (Lipinski definition) is 6. The third kappa shape index (κ3) is 5.74. The number of nitrogens with one attached hydrogen (secondary N) is 3. The first-order valence-corrected chi connectivity index (χ1v) is 11.1. The van der Waals surface area contributed by atoms with Crippen LogP contribution in [-0.4, -0.2) is 36.3 Å². The van der Waals surface area contributed by atoms with Gasteiger partial charge in [-0.05, 0) is 51.3 Å². The van der Waals surface area contributed by atoms with Crippen molar-refractivity contribution in [2.24, 2.45) is 5.92 Å². The number of anilines is 2. The summed E-state index contributed by atoms with van der Waals surface area (Å²) in [6, 6.07) is 1.48. The molecule has 3 amide bonds. The number of amides is 3. The molecule has 1 aromatic heterocycles. The first kappa shape index (κ1) is 25.2. The van der Waals surface area contributed by atoms with Gasteiger partial charge in [-0.1, -0.05) is 0 Å². The van der Waals surface area contributed by atoms with E-state index in [9.17, 15) is 32.3 Å². The van der Waals surface area contributed by atoms with E-state index in [-0.39, 0.29) is 17.4 Å². The molecule has 0 saturated heterocycles. The lowest BCUT2D eigenvalue weighted by Crippen LogP contribution is -2.40. The zero-order valence-electron chi connectivity index (χ0n) is 18.5. The zero-order valence-corrected chi connectivity index (χ0v) is 19.3. The normalized spacial score (nSPS) is 13.7. The number of carbonyl (C=O) groups is 4. The number of benzene rings is 1. The molecule has 8 nitrogen and oxygen atoms in total. The molecule has 2 aromatic rings. The lowest BCUT2D eigenvalue weighted by molar-refractivity contribution is -0.130. The van der Waals surface area contributed by atoms with Gasteiger partial charge >= 0.3 is 5.97 Å². The molecule has 1 saturated carbocycles. The van der Waals surface area contributed by atoms with E-state index in [1.807, 2.05) is 5.32 Å². The molecule has 3 N–H and O–H groups in total. The summed E-state index contributed by atoms with van der Waals surface area (Å²) in [7, 11) is 0. The van der Waals surface area contributed by atoms with Crippen LogP contribution in [0.5, 0.6) is 0 Å². The fourth-order valence-electron chi connectivity index (χ4n) is 2.92. The van der Waals surface area contributed by atoms with Crippen molar-refractivity contribution < 1.29 is 37.1 Å². The molecular weight excluding hydrogens is 475 g/mol. The molecule has 0 bridgehead atoms. The fraction of sp³-hybridized carbons (Fsp3) is 0.364. The quantitative estimate of drug-likeness (QED) is 0.382. The Morgan fingerprint density at radius 1 is 1.09 bits per heavy atom. The van der Waals surface area contributed by atoms with Crippen LogP contribution in [0.25, 0.3) is 0 Å². The number of rotatable bonds is 8. The van der Waals surface area contributed by atoms with E-state index in [4.69, 9.17) is 4.74 Å². The Bertz CT molecular complexity index is 1160. The molecular formula is C22H22F3N3O5S. The molecule has 1 aliphatic rings. The maximum absolute atomic E-state index is 13.6. The van der Waals surface area contributed by atoms with Crippen molar-refractivity contribution in [3.8, 4) is 0 Å². The standard InChI is InChI=1S/C22H22F3N3O5S/c1-9-11(3)34-21(28-20(31)12-4-5-12)16(9)22(32)33-10(2)19(30)26-8-15(29)27-14-7-6-13(23)17(24)18(14)25/h6-7,10,12H,4-5,8H2,1-3H3,(H,26,30)(H,27,29)(H,28,31). The molecule has 182 valence electrons. The van der Waals surface area contributed by atoms with Gasteiger partial charge in [0.1, 0.15) is 5.00 Å². The van der Waals surface area contributed by atoms with Gasteiger partial charge in [0.15, 0.2) is 23.6 Å². The zero-order chi connectivity index (χ0) is 25.2. The van der Waals surface area contributed by atoms with E-state index in [1.165, 1.54) is 18.3 Å². The van der Waals surface area contributed by atoms with Crippen LogP contribution in [0, 0.1) is 37.2 Å². The lowest BCUT2D eigenvalue weighted by Gasteiger charge is -2.14. The van der Waals surface area contributed by atoms with Crippen molar-refractivity contribution in [2.45, 2.75) is 39.7 Å². The summed E-state index contributed by atoms with van der Waals surface area (Å²) in [6.45, 7) is 4.13. The number of carbonyl (C=O) groups excluding carboxylic acids is 4. The second-order valence-electron chi connectivity index (χ2n) is 7.79. The molecule has 0 spiro atoms. The van der Waals surface area contributed by atoms with Gasteiger partial charge in [-0.25, -0.2) is 18.0 Å². The number of aryl methyl sites for hydroxylation is 1. The van der Waals surface area contributed by atoms with E-state index < -0.39 is 53.6 Å². The molecule has 12 heteroatoms. The second-order valence-corrected chi connectivity index (χ2v) is 9.01. The molecule has 34 heavy (non-hydrogen) atoms. The first-order valence-electron chi connectivity index (χ1n) is 10.3. The van der Waals surface area contributed by atoms with Gasteiger partial charge in [0.2, 0.25) is 11.8 Å².